The first-order valence-corrected chi connectivity index (χ1v) is 8.40. The van der Waals surface area contributed by atoms with Crippen LogP contribution in [0.4, 0.5) is 5.69 Å². The van der Waals surface area contributed by atoms with E-state index in [0.29, 0.717) is 24.8 Å². The molecule has 1 aromatic carbocycles. The lowest BCUT2D eigenvalue weighted by molar-refractivity contribution is -0.119. The molecule has 3 heterocycles. The Kier molecular flexibility index (Phi) is 4.61. The van der Waals surface area contributed by atoms with Gasteiger partial charge in [0.2, 0.25) is 11.8 Å². The number of rotatable bonds is 5. The second-order valence-electron chi connectivity index (χ2n) is 5.98. The van der Waals surface area contributed by atoms with E-state index in [0.717, 1.165) is 17.9 Å². The maximum Gasteiger partial charge on any atom is 0.229 e. The fourth-order valence-corrected chi connectivity index (χ4v) is 2.73. The number of nitrogens with zero attached hydrogens (tertiary/aromatic N) is 3. The van der Waals surface area contributed by atoms with E-state index in [4.69, 9.17) is 9.47 Å². The van der Waals surface area contributed by atoms with Crippen molar-refractivity contribution in [2.24, 2.45) is 5.92 Å². The molecule has 1 N–H and O–H groups in total. The topological polar surface area (TPSA) is 78.3 Å². The molecule has 0 aliphatic carbocycles. The van der Waals surface area contributed by atoms with E-state index < -0.39 is 0 Å². The van der Waals surface area contributed by atoms with Crippen molar-refractivity contribution in [2.45, 2.75) is 6.42 Å². The third-order valence-corrected chi connectivity index (χ3v) is 4.14. The van der Waals surface area contributed by atoms with E-state index in [9.17, 15) is 4.79 Å². The molecular weight excluding hydrogens is 332 g/mol. The van der Waals surface area contributed by atoms with Gasteiger partial charge in [-0.05, 0) is 42.8 Å². The second kappa shape index (κ2) is 7.37. The van der Waals surface area contributed by atoms with Crippen LogP contribution in [0, 0.1) is 5.92 Å². The van der Waals surface area contributed by atoms with Gasteiger partial charge in [0.05, 0.1) is 12.5 Å². The molecule has 7 nitrogen and oxygen atoms in total. The second-order valence-corrected chi connectivity index (χ2v) is 5.98. The Morgan fingerprint density at radius 1 is 1.19 bits per heavy atom. The van der Waals surface area contributed by atoms with Gasteiger partial charge < -0.3 is 19.4 Å². The van der Waals surface area contributed by atoms with Gasteiger partial charge in [-0.15, -0.1) is 0 Å². The number of aromatic nitrogens is 3. The third kappa shape index (κ3) is 3.73. The van der Waals surface area contributed by atoms with Crippen molar-refractivity contribution in [1.82, 2.24) is 14.5 Å². The Bertz CT molecular complexity index is 872. The number of nitrogens with one attached hydrogen (secondary N) is 1. The molecule has 0 bridgehead atoms. The lowest BCUT2D eigenvalue weighted by Gasteiger charge is -2.10. The molecule has 132 valence electrons. The van der Waals surface area contributed by atoms with Crippen LogP contribution in [0.25, 0.3) is 5.82 Å². The number of carbonyl (C=O) groups is 1. The zero-order chi connectivity index (χ0) is 17.8. The average molecular weight is 350 g/mol. The first-order valence-electron chi connectivity index (χ1n) is 8.40. The lowest BCUT2D eigenvalue weighted by Crippen LogP contribution is -2.22. The number of hydrogen-bond acceptors (Lipinski definition) is 5. The highest BCUT2D eigenvalue weighted by atomic mass is 16.5. The third-order valence-electron chi connectivity index (χ3n) is 4.14. The summed E-state index contributed by atoms with van der Waals surface area (Å²) < 4.78 is 12.9. The average Bonchev–Trinajstić information content (AvgIpc) is 3.38. The molecule has 0 radical (unpaired) electrons. The Morgan fingerprint density at radius 3 is 2.73 bits per heavy atom. The zero-order valence-corrected chi connectivity index (χ0v) is 14.0. The number of amides is 1. The maximum absolute atomic E-state index is 12.1. The van der Waals surface area contributed by atoms with E-state index in [1.54, 1.807) is 30.3 Å². The predicted molar refractivity (Wildman–Crippen MR) is 95.4 cm³/mol. The quantitative estimate of drug-likeness (QED) is 0.765. The fraction of sp³-hybridized carbons (Fsp3) is 0.211. The van der Waals surface area contributed by atoms with Gasteiger partial charge >= 0.3 is 0 Å². The SMILES string of the molecule is O=C(Nc1ccc(Oc2cc(-n3cccc3)ncn2)cc1)C1CCOC1. The minimum atomic E-state index is -0.0703. The van der Waals surface area contributed by atoms with Crippen LogP contribution >= 0.6 is 0 Å². The van der Waals surface area contributed by atoms with E-state index in [1.165, 1.54) is 6.33 Å². The van der Waals surface area contributed by atoms with Crippen LogP contribution in [0.3, 0.4) is 0 Å². The highest BCUT2D eigenvalue weighted by molar-refractivity contribution is 5.92. The summed E-state index contributed by atoms with van der Waals surface area (Å²) in [6.07, 6.45) is 6.03. The fourth-order valence-electron chi connectivity index (χ4n) is 2.73. The summed E-state index contributed by atoms with van der Waals surface area (Å²) in [6, 6.07) is 12.8. The number of benzene rings is 1. The molecule has 3 aromatic rings. The summed E-state index contributed by atoms with van der Waals surface area (Å²) in [5.74, 6) is 1.72. The predicted octanol–water partition coefficient (Wildman–Crippen LogP) is 3.03. The van der Waals surface area contributed by atoms with Gasteiger partial charge in [-0.2, -0.15) is 0 Å². The first-order chi connectivity index (χ1) is 12.8. The van der Waals surface area contributed by atoms with E-state index in [2.05, 4.69) is 15.3 Å². The molecule has 1 unspecified atom stereocenters. The highest BCUT2D eigenvalue weighted by Gasteiger charge is 2.23. The molecule has 0 saturated carbocycles. The van der Waals surface area contributed by atoms with Crippen molar-refractivity contribution in [3.63, 3.8) is 0 Å². The molecule has 1 fully saturated rings. The van der Waals surface area contributed by atoms with Gasteiger partial charge in [-0.1, -0.05) is 0 Å². The van der Waals surface area contributed by atoms with Crippen molar-refractivity contribution >= 4 is 11.6 Å². The number of carbonyl (C=O) groups excluding carboxylic acids is 1. The van der Waals surface area contributed by atoms with Crippen molar-refractivity contribution in [3.05, 3.63) is 61.2 Å². The van der Waals surface area contributed by atoms with Crippen LogP contribution in [0.5, 0.6) is 11.6 Å². The van der Waals surface area contributed by atoms with Gasteiger partial charge in [0, 0.05) is 30.8 Å². The Labute approximate surface area is 150 Å². The Balaban J connectivity index is 1.41. The summed E-state index contributed by atoms with van der Waals surface area (Å²) in [4.78, 5) is 20.5. The van der Waals surface area contributed by atoms with E-state index in [1.807, 2.05) is 29.1 Å². The normalized spacial score (nSPS) is 16.4. The summed E-state index contributed by atoms with van der Waals surface area (Å²) in [7, 11) is 0. The van der Waals surface area contributed by atoms with Crippen LogP contribution in [0.2, 0.25) is 0 Å². The summed E-state index contributed by atoms with van der Waals surface area (Å²) in [6.45, 7) is 1.14. The van der Waals surface area contributed by atoms with Crippen molar-refractivity contribution in [1.29, 1.82) is 0 Å². The Hall–Kier alpha value is -3.19. The molecule has 2 aromatic heterocycles. The smallest absolute Gasteiger partial charge is 0.229 e. The van der Waals surface area contributed by atoms with Gasteiger partial charge in [0.15, 0.2) is 0 Å². The van der Waals surface area contributed by atoms with E-state index in [-0.39, 0.29) is 11.8 Å². The van der Waals surface area contributed by atoms with Gasteiger partial charge in [-0.3, -0.25) is 4.79 Å². The maximum atomic E-state index is 12.1. The molecule has 1 atom stereocenters. The van der Waals surface area contributed by atoms with E-state index >= 15 is 0 Å². The van der Waals surface area contributed by atoms with Gasteiger partial charge in [-0.25, -0.2) is 9.97 Å². The van der Waals surface area contributed by atoms with Crippen LogP contribution in [0.1, 0.15) is 6.42 Å². The molecule has 1 aliphatic heterocycles. The number of hydrogen-bond donors (Lipinski definition) is 1. The van der Waals surface area contributed by atoms with Gasteiger partial charge in [0.1, 0.15) is 17.9 Å². The zero-order valence-electron chi connectivity index (χ0n) is 14.0. The first kappa shape index (κ1) is 16.3. The Morgan fingerprint density at radius 2 is 2.00 bits per heavy atom. The van der Waals surface area contributed by atoms with Crippen LogP contribution in [-0.4, -0.2) is 33.7 Å². The molecule has 7 heteroatoms. The van der Waals surface area contributed by atoms with Crippen molar-refractivity contribution in [3.8, 4) is 17.4 Å². The summed E-state index contributed by atoms with van der Waals surface area (Å²) in [5, 5.41) is 2.90. The van der Waals surface area contributed by atoms with Gasteiger partial charge in [0.25, 0.3) is 0 Å². The number of anilines is 1. The highest BCUT2D eigenvalue weighted by Crippen LogP contribution is 2.23. The minimum Gasteiger partial charge on any atom is -0.439 e. The number of ether oxygens (including phenoxy) is 2. The molecule has 1 saturated heterocycles. The van der Waals surface area contributed by atoms with Crippen LogP contribution in [-0.2, 0) is 9.53 Å². The van der Waals surface area contributed by atoms with Crippen LogP contribution in [0.15, 0.2) is 61.2 Å². The van der Waals surface area contributed by atoms with Crippen molar-refractivity contribution < 1.29 is 14.3 Å². The monoisotopic (exact) mass is 350 g/mol. The molecule has 0 spiro atoms. The molecular formula is C19H18N4O3. The lowest BCUT2D eigenvalue weighted by atomic mass is 10.1. The molecule has 1 amide bonds. The largest absolute Gasteiger partial charge is 0.439 e. The standard InChI is InChI=1S/C19H18N4O3/c24-19(14-7-10-25-12-14)22-15-3-5-16(6-4-15)26-18-11-17(20-13-21-18)23-8-1-2-9-23/h1-6,8-9,11,13-14H,7,10,12H2,(H,22,24). The summed E-state index contributed by atoms with van der Waals surface area (Å²) >= 11 is 0. The summed E-state index contributed by atoms with van der Waals surface area (Å²) in [5.41, 5.74) is 0.727. The molecule has 4 rings (SSSR count). The van der Waals surface area contributed by atoms with Crippen molar-refractivity contribution in [2.75, 3.05) is 18.5 Å². The minimum absolute atomic E-state index is 0.0108. The van der Waals surface area contributed by atoms with Crippen LogP contribution < -0.4 is 10.1 Å². The molecule has 1 aliphatic rings. The molecule has 26 heavy (non-hydrogen) atoms.